The Kier molecular flexibility index (Phi) is 5.92. The standard InChI is InChI=1S/C22H31N5O3/c1-3-20(28)26-12-9-16(14-26)18-13-19-23-15(2)17(22(30)27(19)24-18)7-8-21(29)25-10-5-4-6-11-25/h13,16,24H,3-12,14H2,1-2H3/t16-/m0/s1. The Hall–Kier alpha value is -2.64. The molecule has 4 heterocycles. The molecule has 2 aliphatic heterocycles. The van der Waals surface area contributed by atoms with Gasteiger partial charge in [0, 0.05) is 68.0 Å². The van der Waals surface area contributed by atoms with Crippen molar-refractivity contribution in [3.05, 3.63) is 33.4 Å². The Labute approximate surface area is 176 Å². The lowest BCUT2D eigenvalue weighted by atomic mass is 10.1. The number of piperidine rings is 1. The summed E-state index contributed by atoms with van der Waals surface area (Å²) in [5, 5.41) is 3.21. The maximum absolute atomic E-state index is 13.1. The number of carbonyl (C=O) groups excluding carboxylic acids is 2. The van der Waals surface area contributed by atoms with Crippen molar-refractivity contribution in [1.29, 1.82) is 0 Å². The van der Waals surface area contributed by atoms with Gasteiger partial charge in [-0.1, -0.05) is 6.92 Å². The van der Waals surface area contributed by atoms with Gasteiger partial charge in [-0.15, -0.1) is 0 Å². The van der Waals surface area contributed by atoms with Crippen molar-refractivity contribution in [2.45, 2.75) is 64.7 Å². The van der Waals surface area contributed by atoms with Crippen LogP contribution in [0.4, 0.5) is 0 Å². The van der Waals surface area contributed by atoms with E-state index in [2.05, 4.69) is 10.1 Å². The number of H-pyrrole nitrogens is 1. The van der Waals surface area contributed by atoms with Crippen molar-refractivity contribution >= 4 is 17.5 Å². The highest BCUT2D eigenvalue weighted by molar-refractivity contribution is 5.76. The highest BCUT2D eigenvalue weighted by Gasteiger charge is 2.28. The lowest BCUT2D eigenvalue weighted by Gasteiger charge is -2.26. The number of carbonyl (C=O) groups is 2. The fourth-order valence-electron chi connectivity index (χ4n) is 4.68. The van der Waals surface area contributed by atoms with Crippen LogP contribution in [-0.4, -0.2) is 62.4 Å². The summed E-state index contributed by atoms with van der Waals surface area (Å²) in [7, 11) is 0. The fraction of sp³-hybridized carbons (Fsp3) is 0.636. The van der Waals surface area contributed by atoms with Gasteiger partial charge in [0.05, 0.1) is 0 Å². The maximum Gasteiger partial charge on any atom is 0.276 e. The van der Waals surface area contributed by atoms with Gasteiger partial charge in [-0.3, -0.25) is 19.5 Å². The van der Waals surface area contributed by atoms with E-state index in [0.29, 0.717) is 42.7 Å². The van der Waals surface area contributed by atoms with Crippen LogP contribution in [0.15, 0.2) is 10.9 Å². The summed E-state index contributed by atoms with van der Waals surface area (Å²) in [6.45, 7) is 6.79. The third-order valence-electron chi connectivity index (χ3n) is 6.52. The summed E-state index contributed by atoms with van der Waals surface area (Å²) >= 11 is 0. The molecule has 8 nitrogen and oxygen atoms in total. The normalized spacial score (nSPS) is 19.6. The third kappa shape index (κ3) is 4.00. The molecule has 1 N–H and O–H groups in total. The zero-order chi connectivity index (χ0) is 21.3. The second kappa shape index (κ2) is 8.62. The predicted octanol–water partition coefficient (Wildman–Crippen LogP) is 2.00. The van der Waals surface area contributed by atoms with E-state index in [9.17, 15) is 14.4 Å². The van der Waals surface area contributed by atoms with E-state index in [1.165, 1.54) is 10.9 Å². The molecule has 2 aromatic rings. The summed E-state index contributed by atoms with van der Waals surface area (Å²) in [6.07, 6.45) is 5.46. The first-order chi connectivity index (χ1) is 14.5. The van der Waals surface area contributed by atoms with E-state index in [-0.39, 0.29) is 23.3 Å². The van der Waals surface area contributed by atoms with Gasteiger partial charge < -0.3 is 9.80 Å². The van der Waals surface area contributed by atoms with Crippen LogP contribution in [0.3, 0.4) is 0 Å². The second-order valence-electron chi connectivity index (χ2n) is 8.51. The lowest BCUT2D eigenvalue weighted by molar-refractivity contribution is -0.132. The molecule has 0 radical (unpaired) electrons. The molecule has 4 rings (SSSR count). The van der Waals surface area contributed by atoms with E-state index in [1.807, 2.05) is 29.7 Å². The van der Waals surface area contributed by atoms with Gasteiger partial charge in [0.15, 0.2) is 5.65 Å². The Morgan fingerprint density at radius 3 is 2.63 bits per heavy atom. The average Bonchev–Trinajstić information content (AvgIpc) is 3.41. The molecule has 0 spiro atoms. The lowest BCUT2D eigenvalue weighted by Crippen LogP contribution is -2.36. The predicted molar refractivity (Wildman–Crippen MR) is 114 cm³/mol. The molecule has 30 heavy (non-hydrogen) atoms. The van der Waals surface area contributed by atoms with Crippen molar-refractivity contribution < 1.29 is 9.59 Å². The monoisotopic (exact) mass is 413 g/mol. The number of aryl methyl sites for hydroxylation is 1. The highest BCUT2D eigenvalue weighted by atomic mass is 16.2. The summed E-state index contributed by atoms with van der Waals surface area (Å²) in [4.78, 5) is 46.0. The van der Waals surface area contributed by atoms with Crippen LogP contribution in [0.25, 0.3) is 5.65 Å². The molecule has 2 fully saturated rings. The van der Waals surface area contributed by atoms with E-state index in [1.54, 1.807) is 0 Å². The van der Waals surface area contributed by atoms with Crippen LogP contribution in [0.1, 0.15) is 68.3 Å². The van der Waals surface area contributed by atoms with Gasteiger partial charge in [0.2, 0.25) is 11.8 Å². The zero-order valence-corrected chi connectivity index (χ0v) is 17.9. The number of nitrogens with one attached hydrogen (secondary N) is 1. The van der Waals surface area contributed by atoms with Crippen LogP contribution < -0.4 is 5.56 Å². The van der Waals surface area contributed by atoms with Gasteiger partial charge in [-0.25, -0.2) is 9.50 Å². The van der Waals surface area contributed by atoms with Crippen molar-refractivity contribution in [2.75, 3.05) is 26.2 Å². The molecule has 0 bridgehead atoms. The van der Waals surface area contributed by atoms with Crippen molar-refractivity contribution in [1.82, 2.24) is 24.4 Å². The first-order valence-electron chi connectivity index (χ1n) is 11.1. The van der Waals surface area contributed by atoms with E-state index in [4.69, 9.17) is 0 Å². The maximum atomic E-state index is 13.1. The molecule has 2 aromatic heterocycles. The summed E-state index contributed by atoms with van der Waals surface area (Å²) in [6, 6.07) is 1.92. The molecular formula is C22H31N5O3. The van der Waals surface area contributed by atoms with Gasteiger partial charge in [0.1, 0.15) is 0 Å². The molecule has 2 aliphatic rings. The molecule has 0 unspecified atom stereocenters. The van der Waals surface area contributed by atoms with Crippen molar-refractivity contribution in [3.8, 4) is 0 Å². The molecule has 1 atom stereocenters. The number of amides is 2. The number of nitrogens with zero attached hydrogens (tertiary/aromatic N) is 4. The van der Waals surface area contributed by atoms with Crippen molar-refractivity contribution in [2.24, 2.45) is 0 Å². The van der Waals surface area contributed by atoms with E-state index < -0.39 is 0 Å². The van der Waals surface area contributed by atoms with Crippen LogP contribution >= 0.6 is 0 Å². The zero-order valence-electron chi connectivity index (χ0n) is 17.9. The van der Waals surface area contributed by atoms with Crippen LogP contribution in [0.2, 0.25) is 0 Å². The molecular weight excluding hydrogens is 382 g/mol. The third-order valence-corrected chi connectivity index (χ3v) is 6.52. The summed E-state index contributed by atoms with van der Waals surface area (Å²) in [5.41, 5.74) is 2.69. The number of hydrogen-bond donors (Lipinski definition) is 1. The van der Waals surface area contributed by atoms with E-state index >= 15 is 0 Å². The molecule has 2 amide bonds. The van der Waals surface area contributed by atoms with E-state index in [0.717, 1.165) is 44.6 Å². The number of likely N-dealkylation sites (tertiary alicyclic amines) is 2. The smallest absolute Gasteiger partial charge is 0.276 e. The van der Waals surface area contributed by atoms with Crippen molar-refractivity contribution in [3.63, 3.8) is 0 Å². The molecule has 0 aromatic carbocycles. The minimum absolute atomic E-state index is 0.123. The minimum Gasteiger partial charge on any atom is -0.343 e. The largest absolute Gasteiger partial charge is 0.343 e. The number of rotatable bonds is 5. The fourth-order valence-corrected chi connectivity index (χ4v) is 4.68. The quantitative estimate of drug-likeness (QED) is 0.812. The summed E-state index contributed by atoms with van der Waals surface area (Å²) in [5.74, 6) is 0.476. The second-order valence-corrected chi connectivity index (χ2v) is 8.51. The molecule has 0 saturated carbocycles. The molecule has 2 saturated heterocycles. The average molecular weight is 414 g/mol. The molecule has 0 aliphatic carbocycles. The van der Waals surface area contributed by atoms with Crippen LogP contribution in [0.5, 0.6) is 0 Å². The number of aromatic amines is 1. The van der Waals surface area contributed by atoms with Gasteiger partial charge in [-0.05, 0) is 39.0 Å². The van der Waals surface area contributed by atoms with Crippen LogP contribution in [0, 0.1) is 6.92 Å². The van der Waals surface area contributed by atoms with Gasteiger partial charge in [0.25, 0.3) is 5.56 Å². The first-order valence-corrected chi connectivity index (χ1v) is 11.1. The molecule has 8 heteroatoms. The SMILES string of the molecule is CCC(=O)N1CC[C@H](c2cc3nc(C)c(CCC(=O)N4CCCCC4)c(=O)n3[nH]2)C1. The van der Waals surface area contributed by atoms with Gasteiger partial charge in [-0.2, -0.15) is 0 Å². The Morgan fingerprint density at radius 2 is 1.90 bits per heavy atom. The summed E-state index contributed by atoms with van der Waals surface area (Å²) < 4.78 is 1.49. The first kappa shape index (κ1) is 20.6. The molecule has 162 valence electrons. The number of hydrogen-bond acceptors (Lipinski definition) is 4. The van der Waals surface area contributed by atoms with Gasteiger partial charge >= 0.3 is 0 Å². The minimum atomic E-state index is -0.130. The van der Waals surface area contributed by atoms with Crippen LogP contribution in [-0.2, 0) is 16.0 Å². The Balaban J connectivity index is 1.51. The Morgan fingerprint density at radius 1 is 1.13 bits per heavy atom. The number of aromatic nitrogens is 3. The highest BCUT2D eigenvalue weighted by Crippen LogP contribution is 2.27. The topological polar surface area (TPSA) is 90.8 Å². The Bertz CT molecular complexity index is 1000. The number of fused-ring (bicyclic) bond motifs is 1.